The maximum atomic E-state index is 6.08. The Kier molecular flexibility index (Phi) is 5.80. The first kappa shape index (κ1) is 16.5. The Morgan fingerprint density at radius 3 is 3.00 bits per heavy atom. The van der Waals surface area contributed by atoms with E-state index >= 15 is 0 Å². The van der Waals surface area contributed by atoms with Crippen LogP contribution in [0.5, 0.6) is 5.75 Å². The maximum Gasteiger partial charge on any atom is 0.137 e. The van der Waals surface area contributed by atoms with Crippen molar-refractivity contribution < 1.29 is 4.74 Å². The molecule has 2 aromatic rings. The molecule has 1 aliphatic carbocycles. The Morgan fingerprint density at radius 1 is 1.33 bits per heavy atom. The van der Waals surface area contributed by atoms with Crippen molar-refractivity contribution in [1.29, 1.82) is 0 Å². The molecule has 0 radical (unpaired) electrons. The smallest absolute Gasteiger partial charge is 0.137 e. The largest absolute Gasteiger partial charge is 0.492 e. The lowest BCUT2D eigenvalue weighted by Gasteiger charge is -2.21. The summed E-state index contributed by atoms with van der Waals surface area (Å²) in [6.45, 7) is 0.676. The number of aromatic nitrogens is 2. The highest BCUT2D eigenvalue weighted by atomic mass is 35.5. The summed E-state index contributed by atoms with van der Waals surface area (Å²) in [6, 6.07) is 5.31. The standard InChI is InChI=1S/C15H16Cl2N2O.ClH/c16-11-2-4-15(12(17)8-11)20-6-5-10-1-3-13-14(7-10)19-9-18-13;/h2,4,8-10H,1,3,5-7H2,(H,18,19);1H. The quantitative estimate of drug-likeness (QED) is 0.869. The molecule has 0 spiro atoms. The highest BCUT2D eigenvalue weighted by molar-refractivity contribution is 6.35. The van der Waals surface area contributed by atoms with E-state index in [-0.39, 0.29) is 12.4 Å². The maximum absolute atomic E-state index is 6.08. The molecule has 0 amide bonds. The van der Waals surface area contributed by atoms with Gasteiger partial charge in [0.05, 0.1) is 23.7 Å². The van der Waals surface area contributed by atoms with E-state index in [4.69, 9.17) is 27.9 Å². The SMILES string of the molecule is Cl.Clc1ccc(OCCC2CCc3nc[nH]c3C2)c(Cl)c1. The van der Waals surface area contributed by atoms with Crippen molar-refractivity contribution >= 4 is 35.6 Å². The van der Waals surface area contributed by atoms with Crippen LogP contribution >= 0.6 is 35.6 Å². The minimum absolute atomic E-state index is 0. The normalized spacial score (nSPS) is 17.0. The van der Waals surface area contributed by atoms with Crippen LogP contribution in [-0.2, 0) is 12.8 Å². The van der Waals surface area contributed by atoms with Crippen molar-refractivity contribution in [3.63, 3.8) is 0 Å². The third-order valence-electron chi connectivity index (χ3n) is 3.77. The molecule has 0 fully saturated rings. The second-order valence-electron chi connectivity index (χ2n) is 5.15. The van der Waals surface area contributed by atoms with Crippen molar-refractivity contribution in [2.75, 3.05) is 6.61 Å². The summed E-state index contributed by atoms with van der Waals surface area (Å²) in [5.74, 6) is 1.35. The Morgan fingerprint density at radius 2 is 2.19 bits per heavy atom. The number of aromatic amines is 1. The zero-order chi connectivity index (χ0) is 13.9. The number of ether oxygens (including phenoxy) is 1. The molecule has 1 heterocycles. The fourth-order valence-electron chi connectivity index (χ4n) is 2.65. The molecule has 1 aromatic heterocycles. The summed E-state index contributed by atoms with van der Waals surface area (Å²) in [5.41, 5.74) is 2.51. The van der Waals surface area contributed by atoms with Crippen molar-refractivity contribution in [1.82, 2.24) is 9.97 Å². The predicted molar refractivity (Wildman–Crippen MR) is 87.9 cm³/mol. The third kappa shape index (κ3) is 4.06. The number of fused-ring (bicyclic) bond motifs is 1. The van der Waals surface area contributed by atoms with E-state index < -0.39 is 0 Å². The second kappa shape index (κ2) is 7.39. The van der Waals surface area contributed by atoms with Gasteiger partial charge in [0.2, 0.25) is 0 Å². The summed E-state index contributed by atoms with van der Waals surface area (Å²) in [7, 11) is 0. The van der Waals surface area contributed by atoms with Gasteiger partial charge in [-0.15, -0.1) is 12.4 Å². The highest BCUT2D eigenvalue weighted by Crippen LogP contribution is 2.29. The number of rotatable bonds is 4. The van der Waals surface area contributed by atoms with E-state index in [1.54, 1.807) is 18.5 Å². The molecule has 6 heteroatoms. The first-order valence-corrected chi connectivity index (χ1v) is 7.57. The van der Waals surface area contributed by atoms with E-state index in [9.17, 15) is 0 Å². The molecule has 0 saturated carbocycles. The van der Waals surface area contributed by atoms with Crippen LogP contribution in [0.25, 0.3) is 0 Å². The molecule has 1 aromatic carbocycles. The Hall–Kier alpha value is -0.900. The topological polar surface area (TPSA) is 37.9 Å². The highest BCUT2D eigenvalue weighted by Gasteiger charge is 2.20. The van der Waals surface area contributed by atoms with Gasteiger partial charge in [-0.1, -0.05) is 23.2 Å². The lowest BCUT2D eigenvalue weighted by atomic mass is 9.88. The number of aryl methyl sites for hydroxylation is 1. The molecule has 1 atom stereocenters. The van der Waals surface area contributed by atoms with E-state index in [1.165, 1.54) is 17.8 Å². The zero-order valence-corrected chi connectivity index (χ0v) is 13.8. The zero-order valence-electron chi connectivity index (χ0n) is 11.4. The Labute approximate surface area is 140 Å². The molecular formula is C15H17Cl3N2O. The van der Waals surface area contributed by atoms with E-state index in [2.05, 4.69) is 9.97 Å². The van der Waals surface area contributed by atoms with Crippen molar-refractivity contribution in [2.45, 2.75) is 25.7 Å². The summed E-state index contributed by atoms with van der Waals surface area (Å²) in [5, 5.41) is 1.19. The van der Waals surface area contributed by atoms with Gasteiger partial charge in [-0.2, -0.15) is 0 Å². The first-order valence-electron chi connectivity index (χ1n) is 6.81. The van der Waals surface area contributed by atoms with Crippen LogP contribution in [0.4, 0.5) is 0 Å². The molecule has 1 aliphatic rings. The fourth-order valence-corrected chi connectivity index (χ4v) is 3.11. The average Bonchev–Trinajstić information content (AvgIpc) is 2.89. The van der Waals surface area contributed by atoms with Crippen molar-refractivity contribution in [3.05, 3.63) is 46.0 Å². The molecule has 114 valence electrons. The van der Waals surface area contributed by atoms with Crippen LogP contribution in [0.15, 0.2) is 24.5 Å². The molecule has 3 nitrogen and oxygen atoms in total. The lowest BCUT2D eigenvalue weighted by Crippen LogP contribution is -2.16. The van der Waals surface area contributed by atoms with Crippen molar-refractivity contribution in [2.24, 2.45) is 5.92 Å². The van der Waals surface area contributed by atoms with Crippen LogP contribution in [0.1, 0.15) is 24.2 Å². The first-order chi connectivity index (χ1) is 9.72. The van der Waals surface area contributed by atoms with Gasteiger partial charge in [-0.05, 0) is 49.8 Å². The average molecular weight is 348 g/mol. The molecule has 0 saturated heterocycles. The van der Waals surface area contributed by atoms with Gasteiger partial charge in [-0.25, -0.2) is 4.98 Å². The fraction of sp³-hybridized carbons (Fsp3) is 0.400. The number of H-pyrrole nitrogens is 1. The van der Waals surface area contributed by atoms with Crippen LogP contribution in [0.3, 0.4) is 0 Å². The number of halogens is 3. The molecular weight excluding hydrogens is 331 g/mol. The predicted octanol–water partition coefficient (Wildman–Crippen LogP) is 4.71. The van der Waals surface area contributed by atoms with Gasteiger partial charge < -0.3 is 9.72 Å². The Balaban J connectivity index is 0.00000161. The van der Waals surface area contributed by atoms with Gasteiger partial charge >= 0.3 is 0 Å². The van der Waals surface area contributed by atoms with Gasteiger partial charge in [0.15, 0.2) is 0 Å². The minimum Gasteiger partial charge on any atom is -0.492 e. The van der Waals surface area contributed by atoms with Gasteiger partial charge in [0, 0.05) is 10.7 Å². The van der Waals surface area contributed by atoms with E-state index in [0.717, 1.165) is 19.3 Å². The second-order valence-corrected chi connectivity index (χ2v) is 5.99. The van der Waals surface area contributed by atoms with Crippen molar-refractivity contribution in [3.8, 4) is 5.75 Å². The number of hydrogen-bond acceptors (Lipinski definition) is 2. The number of benzene rings is 1. The van der Waals surface area contributed by atoms with Gasteiger partial charge in [-0.3, -0.25) is 0 Å². The number of imidazole rings is 1. The monoisotopic (exact) mass is 346 g/mol. The molecule has 0 bridgehead atoms. The number of hydrogen-bond donors (Lipinski definition) is 1. The van der Waals surface area contributed by atoms with Gasteiger partial charge in [0.1, 0.15) is 5.75 Å². The summed E-state index contributed by atoms with van der Waals surface area (Å²) >= 11 is 11.9. The minimum atomic E-state index is 0. The third-order valence-corrected chi connectivity index (χ3v) is 4.30. The van der Waals surface area contributed by atoms with Crippen LogP contribution < -0.4 is 4.74 Å². The molecule has 1 unspecified atom stereocenters. The summed E-state index contributed by atoms with van der Waals surface area (Å²) in [4.78, 5) is 7.55. The summed E-state index contributed by atoms with van der Waals surface area (Å²) < 4.78 is 5.75. The Bertz CT molecular complexity index is 600. The summed E-state index contributed by atoms with van der Waals surface area (Å²) in [6.07, 6.45) is 6.11. The van der Waals surface area contributed by atoms with Gasteiger partial charge in [0.25, 0.3) is 0 Å². The molecule has 1 N–H and O–H groups in total. The lowest BCUT2D eigenvalue weighted by molar-refractivity contribution is 0.266. The number of nitrogens with one attached hydrogen (secondary N) is 1. The molecule has 0 aliphatic heterocycles. The van der Waals surface area contributed by atoms with Crippen LogP contribution in [-0.4, -0.2) is 16.6 Å². The van der Waals surface area contributed by atoms with Crippen LogP contribution in [0, 0.1) is 5.92 Å². The van der Waals surface area contributed by atoms with E-state index in [0.29, 0.717) is 28.3 Å². The number of nitrogens with zero attached hydrogens (tertiary/aromatic N) is 1. The molecule has 3 rings (SSSR count). The molecule has 21 heavy (non-hydrogen) atoms. The van der Waals surface area contributed by atoms with Crippen LogP contribution in [0.2, 0.25) is 10.0 Å². The van der Waals surface area contributed by atoms with E-state index in [1.807, 2.05) is 6.07 Å².